The van der Waals surface area contributed by atoms with Crippen molar-refractivity contribution in [3.05, 3.63) is 52.4 Å². The SMILES string of the molecule is Cc1ccc(C(=O)NCC(=O)OC(C)C(=O)Nc2sccc2C(N)=O)cc1. The smallest absolute Gasteiger partial charge is 0.326 e. The Hall–Kier alpha value is -3.20. The van der Waals surface area contributed by atoms with Crippen molar-refractivity contribution < 1.29 is 23.9 Å². The molecule has 1 unspecified atom stereocenters. The van der Waals surface area contributed by atoms with Gasteiger partial charge in [-0.15, -0.1) is 11.3 Å². The molecule has 8 nitrogen and oxygen atoms in total. The van der Waals surface area contributed by atoms with E-state index in [0.717, 1.165) is 16.9 Å². The van der Waals surface area contributed by atoms with Gasteiger partial charge in [-0.05, 0) is 37.4 Å². The maximum Gasteiger partial charge on any atom is 0.326 e. The predicted molar refractivity (Wildman–Crippen MR) is 101 cm³/mol. The quantitative estimate of drug-likeness (QED) is 0.618. The minimum absolute atomic E-state index is 0.178. The first-order chi connectivity index (χ1) is 12.8. The van der Waals surface area contributed by atoms with Gasteiger partial charge in [-0.1, -0.05) is 17.7 Å². The fourth-order valence-electron chi connectivity index (χ4n) is 2.07. The van der Waals surface area contributed by atoms with Crippen LogP contribution in [-0.4, -0.2) is 36.3 Å². The molecule has 1 heterocycles. The minimum Gasteiger partial charge on any atom is -0.451 e. The van der Waals surface area contributed by atoms with Gasteiger partial charge < -0.3 is 21.1 Å². The molecule has 2 rings (SSSR count). The van der Waals surface area contributed by atoms with Gasteiger partial charge in [0, 0.05) is 5.56 Å². The van der Waals surface area contributed by atoms with Crippen molar-refractivity contribution in [1.29, 1.82) is 0 Å². The van der Waals surface area contributed by atoms with E-state index in [-0.39, 0.29) is 17.1 Å². The number of amides is 3. The largest absolute Gasteiger partial charge is 0.451 e. The van der Waals surface area contributed by atoms with E-state index in [1.54, 1.807) is 29.6 Å². The molecule has 0 aliphatic heterocycles. The summed E-state index contributed by atoms with van der Waals surface area (Å²) in [5.41, 5.74) is 6.81. The molecule has 9 heteroatoms. The zero-order valence-corrected chi connectivity index (χ0v) is 15.6. The summed E-state index contributed by atoms with van der Waals surface area (Å²) >= 11 is 1.12. The number of nitrogens with two attached hydrogens (primary N) is 1. The first-order valence-corrected chi connectivity index (χ1v) is 8.88. The fraction of sp³-hybridized carbons (Fsp3) is 0.222. The number of hydrogen-bond acceptors (Lipinski definition) is 6. The Morgan fingerprint density at radius 2 is 1.81 bits per heavy atom. The van der Waals surface area contributed by atoms with E-state index in [4.69, 9.17) is 10.5 Å². The molecular formula is C18H19N3O5S. The number of nitrogens with one attached hydrogen (secondary N) is 2. The number of primary amides is 1. The van der Waals surface area contributed by atoms with E-state index >= 15 is 0 Å². The van der Waals surface area contributed by atoms with Crippen molar-refractivity contribution in [1.82, 2.24) is 5.32 Å². The molecule has 1 aromatic carbocycles. The van der Waals surface area contributed by atoms with Gasteiger partial charge in [0.1, 0.15) is 11.5 Å². The first kappa shape index (κ1) is 20.1. The maximum atomic E-state index is 12.1. The maximum absolute atomic E-state index is 12.1. The first-order valence-electron chi connectivity index (χ1n) is 8.00. The van der Waals surface area contributed by atoms with E-state index in [2.05, 4.69) is 10.6 Å². The number of thiophene rings is 1. The molecular weight excluding hydrogens is 370 g/mol. The Bertz CT molecular complexity index is 860. The Balaban J connectivity index is 1.83. The lowest BCUT2D eigenvalue weighted by Gasteiger charge is -2.13. The average molecular weight is 389 g/mol. The summed E-state index contributed by atoms with van der Waals surface area (Å²) in [6, 6.07) is 8.34. The van der Waals surface area contributed by atoms with E-state index in [0.29, 0.717) is 5.56 Å². The van der Waals surface area contributed by atoms with Crippen molar-refractivity contribution in [2.75, 3.05) is 11.9 Å². The van der Waals surface area contributed by atoms with Gasteiger partial charge in [0.2, 0.25) is 0 Å². The lowest BCUT2D eigenvalue weighted by molar-refractivity contribution is -0.152. The van der Waals surface area contributed by atoms with Crippen LogP contribution in [-0.2, 0) is 14.3 Å². The molecule has 27 heavy (non-hydrogen) atoms. The van der Waals surface area contributed by atoms with Crippen LogP contribution < -0.4 is 16.4 Å². The van der Waals surface area contributed by atoms with Gasteiger partial charge >= 0.3 is 5.97 Å². The van der Waals surface area contributed by atoms with Crippen LogP contribution in [0.25, 0.3) is 0 Å². The van der Waals surface area contributed by atoms with Crippen LogP contribution in [0.1, 0.15) is 33.2 Å². The summed E-state index contributed by atoms with van der Waals surface area (Å²) in [7, 11) is 0. The molecule has 3 amide bonds. The van der Waals surface area contributed by atoms with Crippen molar-refractivity contribution in [3.8, 4) is 0 Å². The third-order valence-electron chi connectivity index (χ3n) is 3.55. The minimum atomic E-state index is -1.11. The van der Waals surface area contributed by atoms with E-state index < -0.39 is 29.8 Å². The van der Waals surface area contributed by atoms with Crippen molar-refractivity contribution in [3.63, 3.8) is 0 Å². The molecule has 0 saturated carbocycles. The number of esters is 1. The second-order valence-corrected chi connectivity index (χ2v) is 6.61. The Morgan fingerprint density at radius 3 is 2.44 bits per heavy atom. The molecule has 4 N–H and O–H groups in total. The van der Waals surface area contributed by atoms with E-state index in [9.17, 15) is 19.2 Å². The Kier molecular flexibility index (Phi) is 6.67. The van der Waals surface area contributed by atoms with Crippen LogP contribution in [0, 0.1) is 6.92 Å². The molecule has 1 atom stereocenters. The summed E-state index contributed by atoms with van der Waals surface area (Å²) in [4.78, 5) is 47.1. The molecule has 0 saturated heterocycles. The number of ether oxygens (including phenoxy) is 1. The summed E-state index contributed by atoms with van der Waals surface area (Å²) in [5.74, 6) is -2.47. The third kappa shape index (κ3) is 5.65. The van der Waals surface area contributed by atoms with Crippen LogP contribution in [0.15, 0.2) is 35.7 Å². The highest BCUT2D eigenvalue weighted by molar-refractivity contribution is 7.14. The number of carbonyl (C=O) groups is 4. The standard InChI is InChI=1S/C18H19N3O5S/c1-10-3-5-12(6-4-10)17(25)20-9-14(22)26-11(2)16(24)21-18-13(15(19)23)7-8-27-18/h3-8,11H,9H2,1-2H3,(H2,19,23)(H,20,25)(H,21,24). The molecule has 0 aliphatic carbocycles. The highest BCUT2D eigenvalue weighted by Gasteiger charge is 2.21. The topological polar surface area (TPSA) is 128 Å². The van der Waals surface area contributed by atoms with Crippen LogP contribution in [0.2, 0.25) is 0 Å². The fourth-order valence-corrected chi connectivity index (χ4v) is 2.86. The molecule has 0 bridgehead atoms. The van der Waals surface area contributed by atoms with E-state index in [1.165, 1.54) is 13.0 Å². The monoisotopic (exact) mass is 389 g/mol. The summed E-state index contributed by atoms with van der Waals surface area (Å²) in [5, 5.41) is 6.80. The van der Waals surface area contributed by atoms with Crippen LogP contribution in [0.3, 0.4) is 0 Å². The van der Waals surface area contributed by atoms with Gasteiger partial charge in [-0.2, -0.15) is 0 Å². The number of rotatable bonds is 7. The average Bonchev–Trinajstić information content (AvgIpc) is 3.08. The van der Waals surface area contributed by atoms with Gasteiger partial charge in [0.05, 0.1) is 5.56 Å². The van der Waals surface area contributed by atoms with Crippen LogP contribution >= 0.6 is 11.3 Å². The molecule has 1 aromatic heterocycles. The molecule has 0 fully saturated rings. The number of aryl methyl sites for hydroxylation is 1. The summed E-state index contributed by atoms with van der Waals surface area (Å²) in [6.07, 6.45) is -1.11. The normalized spacial score (nSPS) is 11.3. The Morgan fingerprint density at radius 1 is 1.15 bits per heavy atom. The van der Waals surface area contributed by atoms with Crippen LogP contribution in [0.5, 0.6) is 0 Å². The van der Waals surface area contributed by atoms with Gasteiger partial charge in [-0.25, -0.2) is 0 Å². The zero-order valence-electron chi connectivity index (χ0n) is 14.8. The predicted octanol–water partition coefficient (Wildman–Crippen LogP) is 1.46. The number of carbonyl (C=O) groups excluding carboxylic acids is 4. The molecule has 0 aliphatic rings. The lowest BCUT2D eigenvalue weighted by Crippen LogP contribution is -2.36. The number of hydrogen-bond donors (Lipinski definition) is 3. The second-order valence-electron chi connectivity index (χ2n) is 5.70. The zero-order chi connectivity index (χ0) is 20.0. The molecule has 2 aromatic rings. The number of anilines is 1. The molecule has 0 spiro atoms. The van der Waals surface area contributed by atoms with Crippen LogP contribution in [0.4, 0.5) is 5.00 Å². The second kappa shape index (κ2) is 8.95. The molecule has 142 valence electrons. The molecule has 0 radical (unpaired) electrons. The number of benzene rings is 1. The van der Waals surface area contributed by atoms with Gasteiger partial charge in [-0.3, -0.25) is 19.2 Å². The van der Waals surface area contributed by atoms with Crippen molar-refractivity contribution in [2.45, 2.75) is 20.0 Å². The summed E-state index contributed by atoms with van der Waals surface area (Å²) in [6.45, 7) is 2.90. The van der Waals surface area contributed by atoms with Gasteiger partial charge in [0.15, 0.2) is 6.10 Å². The highest BCUT2D eigenvalue weighted by Crippen LogP contribution is 2.22. The van der Waals surface area contributed by atoms with Gasteiger partial charge in [0.25, 0.3) is 17.7 Å². The highest BCUT2D eigenvalue weighted by atomic mass is 32.1. The summed E-state index contributed by atoms with van der Waals surface area (Å²) < 4.78 is 4.99. The van der Waals surface area contributed by atoms with Crippen molar-refractivity contribution >= 4 is 40.0 Å². The Labute approximate surface area is 159 Å². The van der Waals surface area contributed by atoms with Crippen molar-refractivity contribution in [2.24, 2.45) is 5.73 Å². The lowest BCUT2D eigenvalue weighted by atomic mass is 10.1. The third-order valence-corrected chi connectivity index (χ3v) is 4.38. The van der Waals surface area contributed by atoms with E-state index in [1.807, 2.05) is 6.92 Å².